The van der Waals surface area contributed by atoms with Gasteiger partial charge in [0.15, 0.2) is 5.78 Å². The number of anilines is 1. The summed E-state index contributed by atoms with van der Waals surface area (Å²) >= 11 is 0. The van der Waals surface area contributed by atoms with Crippen LogP contribution in [0.15, 0.2) is 40.1 Å². The Hall–Kier alpha value is -4.37. The van der Waals surface area contributed by atoms with Gasteiger partial charge in [0.2, 0.25) is 0 Å². The minimum absolute atomic E-state index is 0.0252. The van der Waals surface area contributed by atoms with Gasteiger partial charge in [-0.3, -0.25) is 19.0 Å². The summed E-state index contributed by atoms with van der Waals surface area (Å²) in [5.74, 6) is -2.17. The second kappa shape index (κ2) is 13.8. The van der Waals surface area contributed by atoms with E-state index in [4.69, 9.17) is 9.47 Å². The zero-order valence-corrected chi connectivity index (χ0v) is 26.2. The van der Waals surface area contributed by atoms with Gasteiger partial charge in [0.05, 0.1) is 43.6 Å². The van der Waals surface area contributed by atoms with Crippen molar-refractivity contribution in [2.75, 3.05) is 31.3 Å². The van der Waals surface area contributed by atoms with Gasteiger partial charge in [0.25, 0.3) is 11.5 Å². The number of benzene rings is 1. The zero-order chi connectivity index (χ0) is 34.0. The average molecular weight is 662 g/mol. The van der Waals surface area contributed by atoms with Crippen molar-refractivity contribution in [3.63, 3.8) is 0 Å². The molecule has 2 aliphatic rings. The number of halogens is 4. The third kappa shape index (κ3) is 7.00. The molecule has 0 unspecified atom stereocenters. The predicted octanol–water partition coefficient (Wildman–Crippen LogP) is 2.93. The lowest BCUT2D eigenvalue weighted by Crippen LogP contribution is -2.53. The van der Waals surface area contributed by atoms with E-state index < -0.39 is 47.8 Å². The van der Waals surface area contributed by atoms with Crippen molar-refractivity contribution in [3.05, 3.63) is 85.1 Å². The fraction of sp³-hybridized carbons (Fsp3) is 0.469. The first-order valence-corrected chi connectivity index (χ1v) is 15.2. The summed E-state index contributed by atoms with van der Waals surface area (Å²) in [7, 11) is 1.57. The highest BCUT2D eigenvalue weighted by molar-refractivity contribution is 5.99. The molecule has 0 spiro atoms. The number of alkyl halides is 3. The molecule has 252 valence electrons. The molecule has 0 aliphatic carbocycles. The second-order valence-electron chi connectivity index (χ2n) is 11.6. The second-order valence-corrected chi connectivity index (χ2v) is 11.6. The number of carbonyl (C=O) groups is 2. The van der Waals surface area contributed by atoms with Gasteiger partial charge in [0, 0.05) is 50.4 Å². The van der Waals surface area contributed by atoms with Crippen LogP contribution in [-0.2, 0) is 40.8 Å². The Morgan fingerprint density at radius 2 is 1.91 bits per heavy atom. The van der Waals surface area contributed by atoms with Crippen LogP contribution in [0.5, 0.6) is 0 Å². The van der Waals surface area contributed by atoms with Crippen LogP contribution < -0.4 is 21.5 Å². The summed E-state index contributed by atoms with van der Waals surface area (Å²) in [4.78, 5) is 57.9. The van der Waals surface area contributed by atoms with Gasteiger partial charge in [-0.25, -0.2) is 18.7 Å². The fourth-order valence-corrected chi connectivity index (χ4v) is 5.99. The maximum absolute atomic E-state index is 15.4. The molecule has 1 amide bonds. The molecule has 1 fully saturated rings. The Balaban J connectivity index is 1.38. The van der Waals surface area contributed by atoms with Crippen LogP contribution in [0.4, 0.5) is 23.2 Å². The smallest absolute Gasteiger partial charge is 0.377 e. The Labute approximate surface area is 267 Å². The number of hydrogen-bond acceptors (Lipinski definition) is 8. The minimum Gasteiger partial charge on any atom is -0.377 e. The van der Waals surface area contributed by atoms with E-state index in [-0.39, 0.29) is 61.0 Å². The van der Waals surface area contributed by atoms with E-state index in [1.54, 1.807) is 20.0 Å². The molecule has 3 aromatic rings. The lowest BCUT2D eigenvalue weighted by atomic mass is 9.99. The summed E-state index contributed by atoms with van der Waals surface area (Å²) in [6.07, 6.45) is -2.21. The van der Waals surface area contributed by atoms with Crippen molar-refractivity contribution in [1.29, 1.82) is 0 Å². The Morgan fingerprint density at radius 3 is 2.57 bits per heavy atom. The molecule has 2 aromatic heterocycles. The van der Waals surface area contributed by atoms with Crippen LogP contribution in [0.2, 0.25) is 0 Å². The van der Waals surface area contributed by atoms with Gasteiger partial charge >= 0.3 is 11.9 Å². The molecule has 1 N–H and O–H groups in total. The van der Waals surface area contributed by atoms with E-state index in [9.17, 15) is 32.3 Å². The van der Waals surface area contributed by atoms with E-state index in [2.05, 4.69) is 10.3 Å². The average Bonchev–Trinajstić information content (AvgIpc) is 3.03. The molecule has 15 heteroatoms. The van der Waals surface area contributed by atoms with E-state index in [1.165, 1.54) is 29.8 Å². The topological polar surface area (TPSA) is 125 Å². The van der Waals surface area contributed by atoms with Crippen molar-refractivity contribution < 1.29 is 36.6 Å². The minimum atomic E-state index is -4.61. The van der Waals surface area contributed by atoms with Crippen LogP contribution in [0.1, 0.15) is 52.5 Å². The van der Waals surface area contributed by atoms with Crippen molar-refractivity contribution in [2.24, 2.45) is 7.05 Å². The number of amides is 1. The lowest BCUT2D eigenvalue weighted by Gasteiger charge is -2.38. The van der Waals surface area contributed by atoms with Gasteiger partial charge in [0.1, 0.15) is 17.7 Å². The van der Waals surface area contributed by atoms with Crippen LogP contribution in [-0.4, -0.2) is 70.4 Å². The molecular weight excluding hydrogens is 626 g/mol. The molecule has 1 aromatic carbocycles. The summed E-state index contributed by atoms with van der Waals surface area (Å²) in [5.41, 5.74) is 0.0559. The molecule has 0 bridgehead atoms. The number of ketones is 1. The van der Waals surface area contributed by atoms with Crippen molar-refractivity contribution in [2.45, 2.75) is 64.4 Å². The van der Waals surface area contributed by atoms with Crippen LogP contribution in [0, 0.1) is 12.7 Å². The number of morpholine rings is 1. The normalized spacial score (nSPS) is 17.3. The molecular formula is C32H35F4N5O6. The number of ether oxygens (including phenoxy) is 2. The summed E-state index contributed by atoms with van der Waals surface area (Å²) in [6, 6.07) is 2.18. The van der Waals surface area contributed by atoms with Crippen molar-refractivity contribution in [1.82, 2.24) is 19.4 Å². The number of aromatic nitrogens is 3. The third-order valence-electron chi connectivity index (χ3n) is 8.43. The number of aryl methyl sites for hydroxylation is 1. The first-order chi connectivity index (χ1) is 22.3. The maximum Gasteiger partial charge on any atom is 0.411 e. The highest BCUT2D eigenvalue weighted by Crippen LogP contribution is 2.33. The molecule has 47 heavy (non-hydrogen) atoms. The quantitative estimate of drug-likeness (QED) is 0.348. The Kier molecular flexibility index (Phi) is 9.96. The molecule has 2 aliphatic heterocycles. The predicted molar refractivity (Wildman–Crippen MR) is 162 cm³/mol. The summed E-state index contributed by atoms with van der Waals surface area (Å²) < 4.78 is 69.0. The van der Waals surface area contributed by atoms with Crippen molar-refractivity contribution >= 4 is 17.4 Å². The van der Waals surface area contributed by atoms with Crippen LogP contribution in [0.25, 0.3) is 5.82 Å². The first kappa shape index (κ1) is 34.0. The Morgan fingerprint density at radius 1 is 1.15 bits per heavy atom. The lowest BCUT2D eigenvalue weighted by molar-refractivity contribution is -0.167. The Bertz CT molecular complexity index is 1760. The number of hydrogen-bond donors (Lipinski definition) is 1. The number of rotatable bonds is 9. The highest BCUT2D eigenvalue weighted by Gasteiger charge is 2.45. The SMILES string of the molecule is CCCC(=O)[C@H](Cc1ccc(-n2c(=O)c3c(n(C)c2=O)CCOC3)nc1)NC(=O)c1c(C)cc(N2CCOC[C@@H]2C(F)(F)F)cc1F. The molecule has 4 heterocycles. The van der Waals surface area contributed by atoms with Crippen LogP contribution >= 0.6 is 0 Å². The first-order valence-electron chi connectivity index (χ1n) is 15.2. The fourth-order valence-electron chi connectivity index (χ4n) is 5.99. The number of Topliss-reactive ketones (excluding diaryl/α,β-unsaturated/α-hetero) is 1. The van der Waals surface area contributed by atoms with Crippen LogP contribution in [0.3, 0.4) is 0 Å². The van der Waals surface area contributed by atoms with Gasteiger partial charge in [-0.1, -0.05) is 13.0 Å². The summed E-state index contributed by atoms with van der Waals surface area (Å²) in [6.45, 7) is 3.00. The summed E-state index contributed by atoms with van der Waals surface area (Å²) in [5, 5.41) is 2.59. The molecule has 1 saturated heterocycles. The number of pyridine rings is 1. The zero-order valence-electron chi connectivity index (χ0n) is 26.2. The molecule has 0 saturated carbocycles. The largest absolute Gasteiger partial charge is 0.411 e. The van der Waals surface area contributed by atoms with E-state index in [0.717, 1.165) is 15.5 Å². The van der Waals surface area contributed by atoms with Crippen molar-refractivity contribution in [3.8, 4) is 5.82 Å². The third-order valence-corrected chi connectivity index (χ3v) is 8.43. The molecule has 5 rings (SSSR count). The number of fused-ring (bicyclic) bond motifs is 1. The molecule has 11 nitrogen and oxygen atoms in total. The van der Waals surface area contributed by atoms with Gasteiger partial charge in [-0.2, -0.15) is 13.2 Å². The highest BCUT2D eigenvalue weighted by atomic mass is 19.4. The van der Waals surface area contributed by atoms with Gasteiger partial charge < -0.3 is 19.7 Å². The maximum atomic E-state index is 15.4. The molecule has 0 radical (unpaired) electrons. The van der Waals surface area contributed by atoms with E-state index >= 15 is 4.39 Å². The van der Waals surface area contributed by atoms with Gasteiger partial charge in [-0.15, -0.1) is 0 Å². The molecule has 2 atom stereocenters. The monoisotopic (exact) mass is 661 g/mol. The standard InChI is InChI=1S/C32H35F4N5O6/c1-4-5-25(42)23(13-19-6-7-27(37-15-19)41-30(44)21-16-46-10-8-24(21)39(3)31(41)45)38-29(43)28-18(2)12-20(14-22(28)33)40-9-11-47-17-26(40)32(34,35)36/h6-7,12,14-15,23,26H,4-5,8-11,13,16-17H2,1-3H3,(H,38,43)/t23-,26+/m0/s1. The number of nitrogens with one attached hydrogen (secondary N) is 1. The van der Waals surface area contributed by atoms with E-state index in [1.807, 2.05) is 0 Å². The van der Waals surface area contributed by atoms with Gasteiger partial charge in [-0.05, 0) is 42.7 Å². The number of carbonyl (C=O) groups excluding carboxylic acids is 2. The van der Waals surface area contributed by atoms with E-state index in [0.29, 0.717) is 36.3 Å². The number of nitrogens with zero attached hydrogens (tertiary/aromatic N) is 4.